The molecule has 2 N–H and O–H groups in total. The van der Waals surface area contributed by atoms with Gasteiger partial charge < -0.3 is 19.7 Å². The molecule has 9 heteroatoms. The van der Waals surface area contributed by atoms with Crippen LogP contribution in [0, 0.1) is 11.3 Å². The van der Waals surface area contributed by atoms with Crippen LogP contribution in [0.2, 0.25) is 0 Å². The third-order valence-corrected chi connectivity index (χ3v) is 7.47. The van der Waals surface area contributed by atoms with Crippen LogP contribution >= 0.6 is 0 Å². The molecule has 0 saturated heterocycles. The second-order valence-corrected chi connectivity index (χ2v) is 10.5. The van der Waals surface area contributed by atoms with Gasteiger partial charge in [-0.3, -0.25) is 4.98 Å². The van der Waals surface area contributed by atoms with Crippen molar-refractivity contribution in [1.82, 2.24) is 14.9 Å². The molecule has 2 aromatic carbocycles. The number of nitriles is 1. The molecule has 39 heavy (non-hydrogen) atoms. The number of hydrogen-bond acceptors (Lipinski definition) is 5. The molecule has 2 aromatic heterocycles. The number of rotatable bonds is 8. The fourth-order valence-corrected chi connectivity index (χ4v) is 5.26. The van der Waals surface area contributed by atoms with Crippen molar-refractivity contribution in [2.24, 2.45) is 0 Å². The van der Waals surface area contributed by atoms with E-state index in [1.807, 2.05) is 20.0 Å². The number of aromatic amines is 1. The van der Waals surface area contributed by atoms with Gasteiger partial charge in [-0.15, -0.1) is 0 Å². The third-order valence-electron chi connectivity index (χ3n) is 7.47. The molecular formula is C30H29F3N4O2. The second kappa shape index (κ2) is 9.70. The Morgan fingerprint density at radius 3 is 2.64 bits per heavy atom. The lowest BCUT2D eigenvalue weighted by Gasteiger charge is -2.46. The fraction of sp³-hybridized carbons (Fsp3) is 0.333. The lowest BCUT2D eigenvalue weighted by atomic mass is 9.76. The van der Waals surface area contributed by atoms with Crippen LogP contribution in [0.5, 0.6) is 5.75 Å². The molecule has 0 amide bonds. The summed E-state index contributed by atoms with van der Waals surface area (Å²) >= 11 is 0. The van der Waals surface area contributed by atoms with E-state index < -0.39 is 30.2 Å². The van der Waals surface area contributed by atoms with Crippen LogP contribution in [0.25, 0.3) is 22.0 Å². The summed E-state index contributed by atoms with van der Waals surface area (Å²) in [7, 11) is 1.96. The number of aliphatic hydroxyl groups is 1. The molecule has 6 nitrogen and oxygen atoms in total. The van der Waals surface area contributed by atoms with Gasteiger partial charge in [-0.25, -0.2) is 0 Å². The standard InChI is InChI=1S/C30H29F3N4O2/c1-4-37(3)17-23-12-21-11-22(36-26(21)16-35-23)14-29(38,30(31,32)33)18-28(2)25-13-19(9-10-27(25)39-28)24-8-6-5-7-20(24)15-34/h5-13,16,36,38H,4,14,17-18H2,1-3H3. The lowest BCUT2D eigenvalue weighted by molar-refractivity contribution is -0.276. The normalized spacial score (nSPS) is 18.2. The Kier molecular flexibility index (Phi) is 6.65. The molecule has 3 heterocycles. The third kappa shape index (κ3) is 4.98. The number of hydrogen-bond donors (Lipinski definition) is 2. The van der Waals surface area contributed by atoms with Crippen molar-refractivity contribution in [2.45, 2.75) is 50.6 Å². The molecule has 0 spiro atoms. The van der Waals surface area contributed by atoms with Crippen molar-refractivity contribution >= 4 is 10.9 Å². The van der Waals surface area contributed by atoms with Gasteiger partial charge in [0.2, 0.25) is 0 Å². The van der Waals surface area contributed by atoms with E-state index in [1.54, 1.807) is 61.7 Å². The van der Waals surface area contributed by atoms with E-state index in [4.69, 9.17) is 4.74 Å². The zero-order chi connectivity index (χ0) is 28.0. The summed E-state index contributed by atoms with van der Waals surface area (Å²) in [5.41, 5.74) is -0.360. The molecule has 0 saturated carbocycles. The van der Waals surface area contributed by atoms with Crippen molar-refractivity contribution in [3.63, 3.8) is 0 Å². The quantitative estimate of drug-likeness (QED) is 0.286. The number of pyridine rings is 1. The number of nitrogens with zero attached hydrogens (tertiary/aromatic N) is 3. The molecule has 2 unspecified atom stereocenters. The summed E-state index contributed by atoms with van der Waals surface area (Å²) in [6, 6.07) is 17.9. The van der Waals surface area contributed by atoms with Gasteiger partial charge in [-0.05, 0) is 62.0 Å². The first-order valence-electron chi connectivity index (χ1n) is 12.7. The summed E-state index contributed by atoms with van der Waals surface area (Å²) < 4.78 is 49.1. The summed E-state index contributed by atoms with van der Waals surface area (Å²) in [6.07, 6.45) is -4.66. The van der Waals surface area contributed by atoms with E-state index in [1.165, 1.54) is 0 Å². The van der Waals surface area contributed by atoms with Crippen LogP contribution in [0.4, 0.5) is 13.2 Å². The highest BCUT2D eigenvalue weighted by Gasteiger charge is 2.59. The van der Waals surface area contributed by atoms with E-state index in [0.29, 0.717) is 40.1 Å². The van der Waals surface area contributed by atoms with Crippen molar-refractivity contribution < 1.29 is 23.0 Å². The van der Waals surface area contributed by atoms with E-state index in [0.717, 1.165) is 17.6 Å². The molecule has 1 aliphatic heterocycles. The van der Waals surface area contributed by atoms with Crippen molar-refractivity contribution in [2.75, 3.05) is 13.6 Å². The maximum atomic E-state index is 14.4. The lowest BCUT2D eigenvalue weighted by Crippen LogP contribution is -2.54. The van der Waals surface area contributed by atoms with Gasteiger partial charge in [0, 0.05) is 36.0 Å². The van der Waals surface area contributed by atoms with Crippen LogP contribution in [0.1, 0.15) is 42.8 Å². The molecule has 2 atom stereocenters. The first kappa shape index (κ1) is 26.7. The Bertz CT molecular complexity index is 1570. The Balaban J connectivity index is 1.44. The van der Waals surface area contributed by atoms with Gasteiger partial charge in [-0.2, -0.15) is 18.4 Å². The van der Waals surface area contributed by atoms with E-state index >= 15 is 0 Å². The first-order chi connectivity index (χ1) is 18.4. The number of H-pyrrole nitrogens is 1. The van der Waals surface area contributed by atoms with Crippen molar-refractivity contribution in [3.8, 4) is 22.9 Å². The largest absolute Gasteiger partial charge is 0.482 e. The number of halogens is 3. The summed E-state index contributed by atoms with van der Waals surface area (Å²) in [5, 5.41) is 21.4. The molecule has 202 valence electrons. The van der Waals surface area contributed by atoms with Crippen LogP contribution in [-0.4, -0.2) is 45.3 Å². The molecule has 0 bridgehead atoms. The zero-order valence-electron chi connectivity index (χ0n) is 21.9. The highest BCUT2D eigenvalue weighted by Crippen LogP contribution is 2.52. The van der Waals surface area contributed by atoms with Crippen LogP contribution in [0.3, 0.4) is 0 Å². The Hall–Kier alpha value is -3.87. The molecule has 0 fully saturated rings. The van der Waals surface area contributed by atoms with Crippen molar-refractivity contribution in [3.05, 3.63) is 83.3 Å². The Morgan fingerprint density at radius 2 is 1.92 bits per heavy atom. The van der Waals surface area contributed by atoms with Gasteiger partial charge in [0.05, 0.1) is 29.0 Å². The number of ether oxygens (including phenoxy) is 1. The van der Waals surface area contributed by atoms with Crippen LogP contribution in [-0.2, 0) is 18.6 Å². The smallest absolute Gasteiger partial charge is 0.417 e. The van der Waals surface area contributed by atoms with E-state index in [9.17, 15) is 23.5 Å². The highest BCUT2D eigenvalue weighted by molar-refractivity contribution is 5.80. The van der Waals surface area contributed by atoms with Crippen LogP contribution in [0.15, 0.2) is 60.8 Å². The van der Waals surface area contributed by atoms with Gasteiger partial charge in [0.1, 0.15) is 11.4 Å². The summed E-state index contributed by atoms with van der Waals surface area (Å²) in [6.45, 7) is 5.04. The number of benzene rings is 2. The van der Waals surface area contributed by atoms with Gasteiger partial charge in [0.25, 0.3) is 0 Å². The summed E-state index contributed by atoms with van der Waals surface area (Å²) in [5.74, 6) is 0.460. The van der Waals surface area contributed by atoms with Gasteiger partial charge >= 0.3 is 6.18 Å². The van der Waals surface area contributed by atoms with E-state index in [2.05, 4.69) is 20.9 Å². The maximum absolute atomic E-state index is 14.4. The topological polar surface area (TPSA) is 85.2 Å². The first-order valence-corrected chi connectivity index (χ1v) is 12.7. The second-order valence-electron chi connectivity index (χ2n) is 10.5. The average Bonchev–Trinajstić information content (AvgIpc) is 3.28. The SMILES string of the molecule is CCN(C)Cc1cc2cc(CC(O)(CC3(C)Oc4ccc(-c5ccccc5C#N)cc43)C(F)(F)F)[nH]c2cn1. The fourth-order valence-electron chi connectivity index (χ4n) is 5.26. The minimum atomic E-state index is -4.91. The van der Waals surface area contributed by atoms with Crippen LogP contribution < -0.4 is 4.74 Å². The molecule has 1 aliphatic rings. The molecule has 4 aromatic rings. The van der Waals surface area contributed by atoms with Gasteiger partial charge in [0.15, 0.2) is 5.60 Å². The predicted molar refractivity (Wildman–Crippen MR) is 142 cm³/mol. The monoisotopic (exact) mass is 534 g/mol. The Morgan fingerprint density at radius 1 is 1.15 bits per heavy atom. The molecule has 0 aliphatic carbocycles. The number of aromatic nitrogens is 2. The highest BCUT2D eigenvalue weighted by atomic mass is 19.4. The van der Waals surface area contributed by atoms with Gasteiger partial charge in [-0.1, -0.05) is 31.2 Å². The molecular weight excluding hydrogens is 505 g/mol. The maximum Gasteiger partial charge on any atom is 0.417 e. The number of alkyl halides is 3. The van der Waals surface area contributed by atoms with E-state index in [-0.39, 0.29) is 5.69 Å². The molecule has 5 rings (SSSR count). The Labute approximate surface area is 224 Å². The predicted octanol–water partition coefficient (Wildman–Crippen LogP) is 6.09. The number of nitrogens with one attached hydrogen (secondary N) is 1. The number of fused-ring (bicyclic) bond motifs is 2. The zero-order valence-corrected chi connectivity index (χ0v) is 21.9. The van der Waals surface area contributed by atoms with Crippen molar-refractivity contribution in [1.29, 1.82) is 5.26 Å². The summed E-state index contributed by atoms with van der Waals surface area (Å²) in [4.78, 5) is 9.48. The average molecular weight is 535 g/mol. The molecule has 0 radical (unpaired) electrons. The minimum absolute atomic E-state index is 0.257. The minimum Gasteiger partial charge on any atom is -0.482 e.